The van der Waals surface area contributed by atoms with Crippen LogP contribution in [-0.2, 0) is 13.0 Å². The lowest BCUT2D eigenvalue weighted by molar-refractivity contribution is 0.0712. The third kappa shape index (κ3) is 5.45. The van der Waals surface area contributed by atoms with E-state index in [2.05, 4.69) is 56.6 Å². The van der Waals surface area contributed by atoms with Gasteiger partial charge in [-0.2, -0.15) is 0 Å². The fraction of sp³-hybridized carbons (Fsp3) is 0.323. The Labute approximate surface area is 223 Å². The molecule has 1 unspecified atom stereocenters. The van der Waals surface area contributed by atoms with E-state index >= 15 is 0 Å². The van der Waals surface area contributed by atoms with E-state index < -0.39 is 0 Å². The molecule has 0 spiro atoms. The van der Waals surface area contributed by atoms with E-state index in [0.29, 0.717) is 5.02 Å². The largest absolute Gasteiger partial charge is 0.392 e. The normalized spacial score (nSPS) is 16.7. The van der Waals surface area contributed by atoms with Gasteiger partial charge >= 0.3 is 0 Å². The zero-order valence-electron chi connectivity index (χ0n) is 21.0. The molecule has 0 bridgehead atoms. The van der Waals surface area contributed by atoms with Crippen LogP contribution in [0.15, 0.2) is 72.9 Å². The van der Waals surface area contributed by atoms with E-state index in [4.69, 9.17) is 11.6 Å². The summed E-state index contributed by atoms with van der Waals surface area (Å²) in [6.07, 6.45) is 7.45. The molecule has 1 aliphatic heterocycles. The minimum absolute atomic E-state index is 0.218. The minimum atomic E-state index is -0.218. The van der Waals surface area contributed by atoms with Crippen molar-refractivity contribution in [3.8, 4) is 22.6 Å². The molecule has 1 saturated carbocycles. The van der Waals surface area contributed by atoms with Crippen molar-refractivity contribution in [2.75, 3.05) is 18.4 Å². The Morgan fingerprint density at radius 1 is 1.08 bits per heavy atom. The third-order valence-electron chi connectivity index (χ3n) is 7.81. The summed E-state index contributed by atoms with van der Waals surface area (Å²) in [6, 6.07) is 22.6. The number of nitrogens with one attached hydrogen (secondary N) is 2. The number of rotatable bonds is 8. The molecule has 3 aromatic carbocycles. The summed E-state index contributed by atoms with van der Waals surface area (Å²) in [6.45, 7) is 2.61. The maximum absolute atomic E-state index is 10.6. The highest BCUT2D eigenvalue weighted by molar-refractivity contribution is 6.33. The summed E-state index contributed by atoms with van der Waals surface area (Å²) < 4.78 is 0. The van der Waals surface area contributed by atoms with Gasteiger partial charge in [0.05, 0.1) is 23.0 Å². The number of fused-ring (bicyclic) bond motifs is 1. The molecule has 0 radical (unpaired) electrons. The van der Waals surface area contributed by atoms with E-state index in [1.54, 1.807) is 0 Å². The summed E-state index contributed by atoms with van der Waals surface area (Å²) in [5.74, 6) is 1.48. The topological polar surface area (TPSA) is 64.2 Å². The van der Waals surface area contributed by atoms with Gasteiger partial charge < -0.3 is 15.4 Å². The Morgan fingerprint density at radius 3 is 2.76 bits per heavy atom. The molecule has 6 heteroatoms. The van der Waals surface area contributed by atoms with Crippen LogP contribution >= 0.6 is 11.6 Å². The zero-order chi connectivity index (χ0) is 25.2. The Bertz CT molecular complexity index is 1360. The van der Waals surface area contributed by atoms with E-state index in [-0.39, 0.29) is 6.10 Å². The van der Waals surface area contributed by atoms with Crippen LogP contribution < -0.4 is 5.32 Å². The van der Waals surface area contributed by atoms with Gasteiger partial charge in [-0.05, 0) is 59.7 Å². The van der Waals surface area contributed by atoms with Crippen molar-refractivity contribution in [1.29, 1.82) is 0 Å². The number of hydrogen-bond acceptors (Lipinski definition) is 4. The Morgan fingerprint density at radius 2 is 1.95 bits per heavy atom. The second kappa shape index (κ2) is 10.7. The van der Waals surface area contributed by atoms with Gasteiger partial charge in [0.1, 0.15) is 5.82 Å². The van der Waals surface area contributed by atoms with Crippen LogP contribution in [0.25, 0.3) is 22.6 Å². The molecule has 2 heterocycles. The van der Waals surface area contributed by atoms with Crippen molar-refractivity contribution in [2.24, 2.45) is 5.92 Å². The van der Waals surface area contributed by atoms with Gasteiger partial charge in [0.2, 0.25) is 0 Å². The zero-order valence-corrected chi connectivity index (χ0v) is 21.7. The van der Waals surface area contributed by atoms with Gasteiger partial charge in [-0.25, -0.2) is 4.98 Å². The van der Waals surface area contributed by atoms with E-state index in [1.165, 1.54) is 30.4 Å². The van der Waals surface area contributed by atoms with E-state index in [1.807, 2.05) is 36.5 Å². The van der Waals surface area contributed by atoms with Gasteiger partial charge in [0.15, 0.2) is 0 Å². The van der Waals surface area contributed by atoms with Crippen LogP contribution in [0.2, 0.25) is 5.02 Å². The molecule has 3 N–H and O–H groups in total. The Kier molecular flexibility index (Phi) is 7.01. The summed E-state index contributed by atoms with van der Waals surface area (Å²) in [5.41, 5.74) is 7.71. The van der Waals surface area contributed by atoms with Crippen LogP contribution in [-0.4, -0.2) is 39.2 Å². The lowest BCUT2D eigenvalue weighted by Gasteiger charge is -2.33. The number of H-pyrrole nitrogens is 1. The van der Waals surface area contributed by atoms with Crippen LogP contribution in [0.4, 0.5) is 11.4 Å². The average Bonchev–Trinajstić information content (AvgIpc) is 3.38. The Hall–Kier alpha value is -3.12. The van der Waals surface area contributed by atoms with E-state index in [9.17, 15) is 5.11 Å². The van der Waals surface area contributed by atoms with E-state index in [0.717, 1.165) is 72.4 Å². The van der Waals surface area contributed by atoms with Crippen LogP contribution in [0.5, 0.6) is 0 Å². The molecule has 5 nitrogen and oxygen atoms in total. The molecule has 1 aromatic heterocycles. The maximum atomic E-state index is 10.6. The van der Waals surface area contributed by atoms with Gasteiger partial charge in [0, 0.05) is 36.6 Å². The molecule has 6 rings (SSSR count). The number of β-amino-alcohol motifs (C(OH)–C–C–N with tert-alkyl or cyclic N) is 1. The predicted molar refractivity (Wildman–Crippen MR) is 151 cm³/mol. The molecule has 4 aromatic rings. The number of anilines is 2. The van der Waals surface area contributed by atoms with Crippen molar-refractivity contribution >= 4 is 23.0 Å². The number of benzene rings is 3. The van der Waals surface area contributed by atoms with Gasteiger partial charge in [0.25, 0.3) is 0 Å². The number of halogens is 1. The monoisotopic (exact) mass is 512 g/mol. The van der Waals surface area contributed by atoms with Gasteiger partial charge in [-0.1, -0.05) is 73.3 Å². The first-order valence-electron chi connectivity index (χ1n) is 13.3. The molecular weight excluding hydrogens is 480 g/mol. The number of hydrogen-bond donors (Lipinski definition) is 3. The first-order chi connectivity index (χ1) is 18.1. The van der Waals surface area contributed by atoms with Gasteiger partial charge in [-0.3, -0.25) is 4.90 Å². The molecule has 1 fully saturated rings. The number of imidazole rings is 1. The van der Waals surface area contributed by atoms with Crippen LogP contribution in [0, 0.1) is 5.92 Å². The third-order valence-corrected chi connectivity index (χ3v) is 8.13. The van der Waals surface area contributed by atoms with Crippen LogP contribution in [0.3, 0.4) is 0 Å². The molecule has 1 aliphatic carbocycles. The molecular formula is C31H33ClN4O. The second-order valence-corrected chi connectivity index (χ2v) is 10.9. The lowest BCUT2D eigenvalue weighted by Crippen LogP contribution is -2.38. The molecule has 2 aliphatic rings. The van der Waals surface area contributed by atoms with Crippen molar-refractivity contribution in [1.82, 2.24) is 14.9 Å². The standard InChI is InChI=1S/C31H33ClN4O/c32-28-13-12-24(17-27(28)31-33-18-30(35-31)22-8-2-1-3-9-22)34-29-11-5-10-23-19-36(15-14-26(23)29)20-25(37)16-21-6-4-7-21/h1-3,5,8-13,17-18,21,25,34,37H,4,6-7,14-16,19-20H2,(H,33,35). The fourth-order valence-electron chi connectivity index (χ4n) is 5.59. The highest BCUT2D eigenvalue weighted by atomic mass is 35.5. The SMILES string of the molecule is OC(CC1CCC1)CN1CCc2c(cccc2Nc2ccc(Cl)c(-c3ncc(-c4ccccc4)[nH]3)c2)C1. The molecule has 37 heavy (non-hydrogen) atoms. The van der Waals surface area contributed by atoms with Crippen molar-refractivity contribution in [3.05, 3.63) is 89.1 Å². The molecule has 0 amide bonds. The molecule has 1 atom stereocenters. The first-order valence-corrected chi connectivity index (χ1v) is 13.7. The number of aliphatic hydroxyl groups excluding tert-OH is 1. The number of nitrogens with zero attached hydrogens (tertiary/aromatic N) is 2. The molecule has 0 saturated heterocycles. The maximum Gasteiger partial charge on any atom is 0.139 e. The summed E-state index contributed by atoms with van der Waals surface area (Å²) in [4.78, 5) is 10.4. The Balaban J connectivity index is 1.17. The van der Waals surface area contributed by atoms with Crippen LogP contribution in [0.1, 0.15) is 36.8 Å². The highest BCUT2D eigenvalue weighted by Crippen LogP contribution is 2.34. The van der Waals surface area contributed by atoms with Crippen molar-refractivity contribution < 1.29 is 5.11 Å². The van der Waals surface area contributed by atoms with Crippen molar-refractivity contribution in [3.63, 3.8) is 0 Å². The summed E-state index contributed by atoms with van der Waals surface area (Å²) >= 11 is 6.59. The smallest absolute Gasteiger partial charge is 0.139 e. The summed E-state index contributed by atoms with van der Waals surface area (Å²) in [7, 11) is 0. The average molecular weight is 513 g/mol. The molecule has 190 valence electrons. The lowest BCUT2D eigenvalue weighted by atomic mass is 9.81. The second-order valence-electron chi connectivity index (χ2n) is 10.4. The van der Waals surface area contributed by atoms with Gasteiger partial charge in [-0.15, -0.1) is 0 Å². The van der Waals surface area contributed by atoms with Crippen molar-refractivity contribution in [2.45, 2.75) is 44.8 Å². The summed E-state index contributed by atoms with van der Waals surface area (Å²) in [5, 5.41) is 14.9. The fourth-order valence-corrected chi connectivity index (χ4v) is 5.80. The number of aliphatic hydroxyl groups is 1. The number of aromatic nitrogens is 2. The predicted octanol–water partition coefficient (Wildman–Crippen LogP) is 7.05. The number of aromatic amines is 1. The highest BCUT2D eigenvalue weighted by Gasteiger charge is 2.25. The minimum Gasteiger partial charge on any atom is -0.392 e. The quantitative estimate of drug-likeness (QED) is 0.237. The first kappa shape index (κ1) is 24.2.